The second-order valence-electron chi connectivity index (χ2n) is 15.2. The molecule has 0 bridgehead atoms. The van der Waals surface area contributed by atoms with Gasteiger partial charge < -0.3 is 9.13 Å². The molecule has 10 aromatic rings. The molecule has 0 unspecified atom stereocenters. The van der Waals surface area contributed by atoms with E-state index in [1.165, 1.54) is 98.5 Å². The number of para-hydroxylation sites is 2. The number of aromatic nitrogens is 2. The Morgan fingerprint density at radius 2 is 0.815 bits per heavy atom. The van der Waals surface area contributed by atoms with Crippen molar-refractivity contribution in [2.24, 2.45) is 14.1 Å². The first-order chi connectivity index (χ1) is 26.2. The summed E-state index contributed by atoms with van der Waals surface area (Å²) in [5.74, 6) is 0. The van der Waals surface area contributed by atoms with Crippen LogP contribution in [0.5, 0.6) is 0 Å². The predicted octanol–water partition coefficient (Wildman–Crippen LogP) is 12.9. The van der Waals surface area contributed by atoms with E-state index in [0.717, 1.165) is 0 Å². The van der Waals surface area contributed by atoms with E-state index in [4.69, 9.17) is 17.0 Å². The Kier molecular flexibility index (Phi) is 8.90. The summed E-state index contributed by atoms with van der Waals surface area (Å²) in [6.45, 7) is 9.85. The second-order valence-corrected chi connectivity index (χ2v) is 23.2. The van der Waals surface area contributed by atoms with Gasteiger partial charge in [-0.2, -0.15) is 12.1 Å². The molecule has 2 heterocycles. The van der Waals surface area contributed by atoms with Crippen LogP contribution in [0.3, 0.4) is 0 Å². The summed E-state index contributed by atoms with van der Waals surface area (Å²) in [6.07, 6.45) is 0. The van der Waals surface area contributed by atoms with Crippen LogP contribution in [0.15, 0.2) is 133 Å². The van der Waals surface area contributed by atoms with Crippen molar-refractivity contribution >= 4 is 101 Å². The molecule has 2 nitrogen and oxygen atoms in total. The fourth-order valence-corrected chi connectivity index (χ4v) is 14.2. The van der Waals surface area contributed by atoms with E-state index in [9.17, 15) is 0 Å². The Morgan fingerprint density at radius 3 is 1.24 bits per heavy atom. The normalized spacial score (nSPS) is 12.0. The number of halogens is 2. The van der Waals surface area contributed by atoms with Crippen LogP contribution in [0, 0.1) is 13.8 Å². The first-order valence-corrected chi connectivity index (χ1v) is 27.8. The van der Waals surface area contributed by atoms with Gasteiger partial charge in [-0.15, -0.1) is 67.3 Å². The van der Waals surface area contributed by atoms with Crippen molar-refractivity contribution in [3.05, 3.63) is 145 Å². The summed E-state index contributed by atoms with van der Waals surface area (Å²) in [5.41, 5.74) is 13.2. The van der Waals surface area contributed by atoms with Crippen LogP contribution in [0.2, 0.25) is 13.1 Å². The van der Waals surface area contributed by atoms with Gasteiger partial charge in [-0.3, -0.25) is 0 Å². The number of rotatable bonds is 4. The van der Waals surface area contributed by atoms with Gasteiger partial charge in [0.15, 0.2) is 0 Å². The molecule has 0 radical (unpaired) electrons. The van der Waals surface area contributed by atoms with Gasteiger partial charge in [0.25, 0.3) is 0 Å². The van der Waals surface area contributed by atoms with Crippen LogP contribution in [-0.2, 0) is 34.9 Å². The number of nitrogens with zero attached hydrogens (tertiary/aromatic N) is 2. The van der Waals surface area contributed by atoms with Crippen molar-refractivity contribution in [2.75, 3.05) is 0 Å². The maximum atomic E-state index is 4.93. The predicted molar refractivity (Wildman–Crippen MR) is 236 cm³/mol. The zero-order chi connectivity index (χ0) is 37.5. The molecule has 6 heteroatoms. The van der Waals surface area contributed by atoms with Crippen LogP contribution in [0.1, 0.15) is 11.1 Å². The molecule has 10 rings (SSSR count). The molecule has 0 N–H and O–H groups in total. The third-order valence-corrected chi connectivity index (χ3v) is 15.8. The van der Waals surface area contributed by atoms with Crippen LogP contribution >= 0.6 is 17.0 Å². The Morgan fingerprint density at radius 1 is 0.463 bits per heavy atom. The molecule has 2 aromatic heterocycles. The van der Waals surface area contributed by atoms with E-state index < -0.39 is 28.9 Å². The summed E-state index contributed by atoms with van der Waals surface area (Å²) >= 11 is -0.826. The topological polar surface area (TPSA) is 9.86 Å². The molecule has 0 aliphatic carbocycles. The van der Waals surface area contributed by atoms with Crippen molar-refractivity contribution in [2.45, 2.75) is 26.9 Å². The first kappa shape index (κ1) is 35.5. The molecule has 0 aliphatic heterocycles. The summed E-state index contributed by atoms with van der Waals surface area (Å²) in [5, 5.41) is 14.0. The van der Waals surface area contributed by atoms with Crippen LogP contribution < -0.4 is 10.4 Å². The van der Waals surface area contributed by atoms with E-state index in [2.05, 4.69) is 184 Å². The van der Waals surface area contributed by atoms with E-state index in [1.54, 1.807) is 10.4 Å². The molecule has 8 aromatic carbocycles. The van der Waals surface area contributed by atoms with Gasteiger partial charge in [0.05, 0.1) is 0 Å². The molecular formula is C48H40Cl2N2SiZr. The summed E-state index contributed by atoms with van der Waals surface area (Å²) in [4.78, 5) is 0. The van der Waals surface area contributed by atoms with Crippen molar-refractivity contribution < 1.29 is 20.8 Å². The Labute approximate surface area is 335 Å². The van der Waals surface area contributed by atoms with Crippen molar-refractivity contribution in [1.29, 1.82) is 0 Å². The SMILES string of the molecule is Cc1cc2c(-c3cccc4c3c3ccccc3n4C)cccc2[c-]1[Si](C)(C)[c-]1c(C)cc2c(-c3cccc4c3c3ccccc3n4C)cccc21.[Cl][Zr+2][Cl]. The van der Waals surface area contributed by atoms with E-state index >= 15 is 0 Å². The van der Waals surface area contributed by atoms with Gasteiger partial charge in [0.2, 0.25) is 0 Å². The Balaban J connectivity index is 0.00000124. The van der Waals surface area contributed by atoms with Gasteiger partial charge >= 0.3 is 37.9 Å². The molecule has 264 valence electrons. The third kappa shape index (κ3) is 5.21. The van der Waals surface area contributed by atoms with Crippen molar-refractivity contribution in [1.82, 2.24) is 9.13 Å². The first-order valence-electron chi connectivity index (χ1n) is 18.5. The average molecular weight is 835 g/mol. The molecule has 0 spiro atoms. The third-order valence-electron chi connectivity index (χ3n) is 12.0. The number of benzene rings is 6. The second kappa shape index (κ2) is 13.5. The molecule has 0 amide bonds. The van der Waals surface area contributed by atoms with Crippen molar-refractivity contribution in [3.8, 4) is 22.3 Å². The van der Waals surface area contributed by atoms with Gasteiger partial charge in [-0.1, -0.05) is 111 Å². The zero-order valence-corrected chi connectivity index (χ0v) is 36.3. The minimum atomic E-state index is -2.21. The summed E-state index contributed by atoms with van der Waals surface area (Å²) < 4.78 is 4.68. The molecule has 0 saturated heterocycles. The van der Waals surface area contributed by atoms with Crippen LogP contribution in [-0.4, -0.2) is 17.2 Å². The van der Waals surface area contributed by atoms with Crippen LogP contribution in [0.4, 0.5) is 0 Å². The molecule has 0 saturated carbocycles. The minimum absolute atomic E-state index is 0.826. The summed E-state index contributed by atoms with van der Waals surface area (Å²) in [7, 11) is 12.0. The van der Waals surface area contributed by atoms with E-state index in [1.807, 2.05) is 0 Å². The van der Waals surface area contributed by atoms with Gasteiger partial charge in [-0.25, -0.2) is 0 Å². The Hall–Kier alpha value is -4.18. The zero-order valence-electron chi connectivity index (χ0n) is 31.4. The summed E-state index contributed by atoms with van der Waals surface area (Å²) in [6, 6.07) is 50.2. The van der Waals surface area contributed by atoms with Gasteiger partial charge in [0, 0.05) is 65.8 Å². The van der Waals surface area contributed by atoms with Gasteiger partial charge in [-0.05, 0) is 35.4 Å². The fourth-order valence-electron chi connectivity index (χ4n) is 10.0. The Bertz CT molecular complexity index is 2880. The van der Waals surface area contributed by atoms with Crippen LogP contribution in [0.25, 0.3) is 87.4 Å². The number of aryl methyl sites for hydroxylation is 4. The average Bonchev–Trinajstić information content (AvgIpc) is 3.89. The molecule has 0 fully saturated rings. The number of fused-ring (bicyclic) bond motifs is 8. The number of hydrogen-bond donors (Lipinski definition) is 0. The number of hydrogen-bond acceptors (Lipinski definition) is 0. The molecule has 0 atom stereocenters. The fraction of sp³-hybridized carbons (Fsp3) is 0.125. The molecule has 54 heavy (non-hydrogen) atoms. The molecule has 0 aliphatic rings. The quantitative estimate of drug-likeness (QED) is 0.123. The maximum absolute atomic E-state index is 4.93. The van der Waals surface area contributed by atoms with Gasteiger partial charge in [0.1, 0.15) is 0 Å². The van der Waals surface area contributed by atoms with E-state index in [0.29, 0.717) is 0 Å². The van der Waals surface area contributed by atoms with E-state index in [-0.39, 0.29) is 0 Å². The monoisotopic (exact) mass is 832 g/mol. The standard InChI is InChI=1S/C48H40N2Si.2ClH.Zr/c1-29-27-39-31(33-19-13-25-43-45(33)37-15-7-9-23-41(37)49(43)3)17-11-21-35(39)47(29)51(5,6)48-30(2)28-40-32(18-12-22-36(40)48)34-20-14-26-44-46(34)38-16-8-10-24-42(38)50(44)4;;;/h7-28H,1-6H3;2*1H;/q-2;;;+4/p-2. The molecular weight excluding hydrogens is 795 g/mol. The van der Waals surface area contributed by atoms with Crippen molar-refractivity contribution in [3.63, 3.8) is 0 Å².